The monoisotopic (exact) mass is 378 g/mol. The molecule has 0 saturated heterocycles. The summed E-state index contributed by atoms with van der Waals surface area (Å²) >= 11 is 0. The van der Waals surface area contributed by atoms with Crippen molar-refractivity contribution < 1.29 is 8.78 Å². The lowest BCUT2D eigenvalue weighted by atomic mass is 9.63. The number of hydrogen-bond acceptors (Lipinski definition) is 0. The van der Waals surface area contributed by atoms with Crippen LogP contribution in [0.1, 0.15) is 74.5 Å². The molecule has 2 saturated carbocycles. The maximum atomic E-state index is 13.3. The second kappa shape index (κ2) is 8.48. The Kier molecular flexibility index (Phi) is 5.81. The maximum absolute atomic E-state index is 13.3. The Morgan fingerprint density at radius 3 is 2.21 bits per heavy atom. The molecule has 0 radical (unpaired) electrons. The van der Waals surface area contributed by atoms with Crippen LogP contribution in [0.2, 0.25) is 0 Å². The van der Waals surface area contributed by atoms with Crippen molar-refractivity contribution >= 4 is 0 Å². The lowest BCUT2D eigenvalue weighted by Crippen LogP contribution is -2.30. The largest absolute Gasteiger partial charge is 0.204 e. The van der Waals surface area contributed by atoms with E-state index in [9.17, 15) is 8.78 Å². The van der Waals surface area contributed by atoms with Gasteiger partial charge >= 0.3 is 0 Å². The van der Waals surface area contributed by atoms with Gasteiger partial charge in [0.05, 0.1) is 0 Å². The van der Waals surface area contributed by atoms with Crippen molar-refractivity contribution in [3.05, 3.63) is 70.8 Å². The van der Waals surface area contributed by atoms with Crippen LogP contribution in [0.15, 0.2) is 42.5 Å². The van der Waals surface area contributed by atoms with Gasteiger partial charge in [0.2, 0.25) is 0 Å². The zero-order valence-corrected chi connectivity index (χ0v) is 16.6. The van der Waals surface area contributed by atoms with E-state index in [0.29, 0.717) is 11.5 Å². The molecular formula is C26H28F2. The highest BCUT2D eigenvalue weighted by Gasteiger charge is 2.35. The van der Waals surface area contributed by atoms with Gasteiger partial charge in [0.25, 0.3) is 0 Å². The third-order valence-electron chi connectivity index (χ3n) is 6.95. The number of benzene rings is 2. The van der Waals surface area contributed by atoms with Crippen LogP contribution in [-0.4, -0.2) is 0 Å². The average molecular weight is 379 g/mol. The summed E-state index contributed by atoms with van der Waals surface area (Å²) in [5.74, 6) is 7.78. The number of hydrogen-bond donors (Lipinski definition) is 0. The van der Waals surface area contributed by atoms with E-state index in [1.54, 1.807) is 0 Å². The van der Waals surface area contributed by atoms with Crippen molar-refractivity contribution in [2.45, 2.75) is 57.8 Å². The summed E-state index contributed by atoms with van der Waals surface area (Å²) in [7, 11) is 0. The molecule has 4 unspecified atom stereocenters. The highest BCUT2D eigenvalue weighted by Crippen LogP contribution is 2.48. The average Bonchev–Trinajstić information content (AvgIpc) is 2.74. The quantitative estimate of drug-likeness (QED) is 0.490. The maximum Gasteiger partial charge on any atom is 0.160 e. The summed E-state index contributed by atoms with van der Waals surface area (Å²) < 4.78 is 26.3. The van der Waals surface area contributed by atoms with Crippen LogP contribution < -0.4 is 0 Å². The van der Waals surface area contributed by atoms with Gasteiger partial charge < -0.3 is 0 Å². The van der Waals surface area contributed by atoms with Crippen LogP contribution in [0.25, 0.3) is 0 Å². The van der Waals surface area contributed by atoms with Crippen LogP contribution >= 0.6 is 0 Å². The summed E-state index contributed by atoms with van der Waals surface area (Å²) in [6.45, 7) is 2.34. The SMILES string of the molecule is CCC1CCC2CC(c3ccc(C#Cc4ccc(F)c(F)c4)cc3)CCC2C1. The summed E-state index contributed by atoms with van der Waals surface area (Å²) in [6, 6.07) is 12.3. The molecule has 28 heavy (non-hydrogen) atoms. The van der Waals surface area contributed by atoms with Crippen LogP contribution in [0, 0.1) is 41.2 Å². The van der Waals surface area contributed by atoms with E-state index >= 15 is 0 Å². The lowest BCUT2D eigenvalue weighted by molar-refractivity contribution is 0.116. The Morgan fingerprint density at radius 2 is 1.46 bits per heavy atom. The first-order valence-electron chi connectivity index (χ1n) is 10.7. The van der Waals surface area contributed by atoms with Crippen molar-refractivity contribution in [1.29, 1.82) is 0 Å². The summed E-state index contributed by atoms with van der Waals surface area (Å²) in [5, 5.41) is 0. The summed E-state index contributed by atoms with van der Waals surface area (Å²) in [5.41, 5.74) is 2.82. The minimum absolute atomic E-state index is 0.490. The number of halogens is 2. The van der Waals surface area contributed by atoms with E-state index in [4.69, 9.17) is 0 Å². The van der Waals surface area contributed by atoms with Gasteiger partial charge in [0.1, 0.15) is 0 Å². The van der Waals surface area contributed by atoms with Gasteiger partial charge in [-0.05, 0) is 91.7 Å². The van der Waals surface area contributed by atoms with Gasteiger partial charge in [-0.3, -0.25) is 0 Å². The smallest absolute Gasteiger partial charge is 0.160 e. The Labute approximate surface area is 167 Å². The molecule has 2 aromatic rings. The molecule has 0 nitrogen and oxygen atoms in total. The molecule has 0 aliphatic heterocycles. The Hall–Kier alpha value is -2.14. The van der Waals surface area contributed by atoms with Crippen LogP contribution in [0.5, 0.6) is 0 Å². The molecule has 0 N–H and O–H groups in total. The van der Waals surface area contributed by atoms with E-state index in [1.807, 2.05) is 0 Å². The molecule has 0 spiro atoms. The molecule has 146 valence electrons. The van der Waals surface area contributed by atoms with Crippen LogP contribution in [0.4, 0.5) is 8.78 Å². The topological polar surface area (TPSA) is 0 Å². The van der Waals surface area contributed by atoms with Crippen LogP contribution in [0.3, 0.4) is 0 Å². The molecule has 2 aliphatic rings. The summed E-state index contributed by atoms with van der Waals surface area (Å²) in [4.78, 5) is 0. The minimum Gasteiger partial charge on any atom is -0.204 e. The standard InChI is InChI=1S/C26H28F2/c1-2-18-5-11-24-17-23(13-12-22(24)15-18)21-9-6-19(7-10-21)3-4-20-8-14-25(27)26(28)16-20/h6-10,14,16,18,22-24H,2,5,11-13,15,17H2,1H3. The molecule has 2 aliphatic carbocycles. The van der Waals surface area contributed by atoms with Crippen molar-refractivity contribution in [2.24, 2.45) is 17.8 Å². The molecule has 2 heteroatoms. The molecule has 0 bridgehead atoms. The second-order valence-electron chi connectivity index (χ2n) is 8.62. The third-order valence-corrected chi connectivity index (χ3v) is 6.95. The minimum atomic E-state index is -0.856. The van der Waals surface area contributed by atoms with Gasteiger partial charge in [0, 0.05) is 11.1 Å². The summed E-state index contributed by atoms with van der Waals surface area (Å²) in [6.07, 6.45) is 9.65. The third kappa shape index (κ3) is 4.30. The first kappa shape index (κ1) is 19.2. The molecule has 0 amide bonds. The predicted octanol–water partition coefficient (Wildman–Crippen LogP) is 7.07. The highest BCUT2D eigenvalue weighted by atomic mass is 19.2. The van der Waals surface area contributed by atoms with Crippen molar-refractivity contribution in [3.8, 4) is 11.8 Å². The zero-order valence-electron chi connectivity index (χ0n) is 16.6. The van der Waals surface area contributed by atoms with E-state index in [1.165, 1.54) is 56.6 Å². The molecular weight excluding hydrogens is 350 g/mol. The molecule has 4 atom stereocenters. The number of fused-ring (bicyclic) bond motifs is 1. The van der Waals surface area contributed by atoms with E-state index in [2.05, 4.69) is 43.0 Å². The first-order valence-corrected chi connectivity index (χ1v) is 10.7. The van der Waals surface area contributed by atoms with Crippen molar-refractivity contribution in [3.63, 3.8) is 0 Å². The van der Waals surface area contributed by atoms with E-state index < -0.39 is 11.6 Å². The molecule has 2 fully saturated rings. The fourth-order valence-corrected chi connectivity index (χ4v) is 5.22. The Bertz CT molecular complexity index is 872. The van der Waals surface area contributed by atoms with Gasteiger partial charge in [-0.1, -0.05) is 43.7 Å². The van der Waals surface area contributed by atoms with Gasteiger partial charge in [-0.2, -0.15) is 0 Å². The Morgan fingerprint density at radius 1 is 0.786 bits per heavy atom. The Balaban J connectivity index is 1.40. The zero-order chi connectivity index (χ0) is 19.5. The predicted molar refractivity (Wildman–Crippen MR) is 110 cm³/mol. The first-order chi connectivity index (χ1) is 13.6. The fourth-order valence-electron chi connectivity index (χ4n) is 5.22. The lowest BCUT2D eigenvalue weighted by Gasteiger charge is -2.42. The molecule has 4 rings (SSSR count). The molecule has 2 aromatic carbocycles. The second-order valence-corrected chi connectivity index (χ2v) is 8.62. The van der Waals surface area contributed by atoms with Gasteiger partial charge in [-0.15, -0.1) is 0 Å². The van der Waals surface area contributed by atoms with E-state index in [-0.39, 0.29) is 0 Å². The molecule has 0 aromatic heterocycles. The van der Waals surface area contributed by atoms with Crippen molar-refractivity contribution in [1.82, 2.24) is 0 Å². The van der Waals surface area contributed by atoms with Gasteiger partial charge in [0.15, 0.2) is 11.6 Å². The number of rotatable bonds is 2. The highest BCUT2D eigenvalue weighted by molar-refractivity contribution is 5.44. The normalized spacial score (nSPS) is 26.8. The van der Waals surface area contributed by atoms with E-state index in [0.717, 1.165) is 35.4 Å². The molecule has 0 heterocycles. The van der Waals surface area contributed by atoms with Gasteiger partial charge in [-0.25, -0.2) is 8.78 Å². The fraction of sp³-hybridized carbons (Fsp3) is 0.462. The van der Waals surface area contributed by atoms with Crippen LogP contribution in [-0.2, 0) is 0 Å². The van der Waals surface area contributed by atoms with Crippen molar-refractivity contribution in [2.75, 3.05) is 0 Å².